The summed E-state index contributed by atoms with van der Waals surface area (Å²) in [4.78, 5) is 11.2. The van der Waals surface area contributed by atoms with Crippen LogP contribution in [0.4, 0.5) is 23.1 Å². The van der Waals surface area contributed by atoms with Gasteiger partial charge >= 0.3 is 0 Å². The van der Waals surface area contributed by atoms with Crippen molar-refractivity contribution >= 4 is 56.1 Å². The first-order valence-electron chi connectivity index (χ1n) is 9.23. The average molecular weight is 466 g/mol. The Morgan fingerprint density at radius 3 is 2.43 bits per heavy atom. The van der Waals surface area contributed by atoms with Crippen LogP contribution in [0.1, 0.15) is 5.69 Å². The van der Waals surface area contributed by atoms with Crippen molar-refractivity contribution in [3.8, 4) is 0 Å². The predicted octanol–water partition coefficient (Wildman–Crippen LogP) is 3.88. The van der Waals surface area contributed by atoms with E-state index in [-0.39, 0.29) is 4.21 Å². The predicted molar refractivity (Wildman–Crippen MR) is 120 cm³/mol. The number of halogens is 1. The number of morpholine rings is 1. The Bertz CT molecular complexity index is 1130. The maximum atomic E-state index is 12.4. The van der Waals surface area contributed by atoms with E-state index in [4.69, 9.17) is 16.3 Å². The third kappa shape index (κ3) is 5.01. The van der Waals surface area contributed by atoms with E-state index in [9.17, 15) is 8.42 Å². The lowest BCUT2D eigenvalue weighted by atomic mass is 10.3. The number of nitrogens with zero attached hydrogens (tertiary/aromatic N) is 3. The molecule has 0 bridgehead atoms. The zero-order chi connectivity index (χ0) is 21.1. The molecular formula is C19H20ClN5O3S2. The van der Waals surface area contributed by atoms with Gasteiger partial charge in [0.05, 0.1) is 17.6 Å². The zero-order valence-electron chi connectivity index (χ0n) is 16.1. The van der Waals surface area contributed by atoms with Crippen LogP contribution in [-0.2, 0) is 14.8 Å². The van der Waals surface area contributed by atoms with Crippen LogP contribution in [0, 0.1) is 6.92 Å². The molecule has 0 amide bonds. The number of aromatic nitrogens is 2. The van der Waals surface area contributed by atoms with Gasteiger partial charge in [0.15, 0.2) is 0 Å². The fourth-order valence-corrected chi connectivity index (χ4v) is 5.48. The maximum absolute atomic E-state index is 12.4. The number of nitrogens with one attached hydrogen (secondary N) is 2. The number of aryl methyl sites for hydroxylation is 1. The van der Waals surface area contributed by atoms with Crippen molar-refractivity contribution < 1.29 is 13.2 Å². The number of thiophene rings is 1. The zero-order valence-corrected chi connectivity index (χ0v) is 18.5. The van der Waals surface area contributed by atoms with Gasteiger partial charge < -0.3 is 15.0 Å². The molecule has 0 aliphatic carbocycles. The highest BCUT2D eigenvalue weighted by Crippen LogP contribution is 2.28. The first kappa shape index (κ1) is 20.9. The Hall–Kier alpha value is -2.40. The third-order valence-corrected chi connectivity index (χ3v) is 7.46. The van der Waals surface area contributed by atoms with Crippen LogP contribution in [0.25, 0.3) is 0 Å². The molecule has 3 aromatic rings. The minimum absolute atomic E-state index is 0.168. The van der Waals surface area contributed by atoms with E-state index in [2.05, 4.69) is 24.9 Å². The molecular weight excluding hydrogens is 446 g/mol. The van der Waals surface area contributed by atoms with Crippen LogP contribution in [0.3, 0.4) is 0 Å². The Balaban J connectivity index is 1.46. The van der Waals surface area contributed by atoms with Crippen molar-refractivity contribution in [1.29, 1.82) is 0 Å². The normalized spacial score (nSPS) is 14.5. The molecule has 1 aliphatic heterocycles. The van der Waals surface area contributed by atoms with E-state index >= 15 is 0 Å². The van der Waals surface area contributed by atoms with Gasteiger partial charge in [-0.3, -0.25) is 4.72 Å². The second-order valence-electron chi connectivity index (χ2n) is 6.66. The molecule has 0 spiro atoms. The van der Waals surface area contributed by atoms with Crippen molar-refractivity contribution in [2.45, 2.75) is 11.1 Å². The van der Waals surface area contributed by atoms with E-state index in [1.54, 1.807) is 30.3 Å². The molecule has 0 saturated carbocycles. The van der Waals surface area contributed by atoms with Crippen LogP contribution in [0.5, 0.6) is 0 Å². The fraction of sp³-hybridized carbons (Fsp3) is 0.263. The lowest BCUT2D eigenvalue weighted by molar-refractivity contribution is 0.122. The summed E-state index contributed by atoms with van der Waals surface area (Å²) in [5.74, 6) is 1.34. The summed E-state index contributed by atoms with van der Waals surface area (Å²) in [6.07, 6.45) is 0. The summed E-state index contributed by atoms with van der Waals surface area (Å²) in [7, 11) is -3.66. The van der Waals surface area contributed by atoms with Crippen molar-refractivity contribution in [3.05, 3.63) is 52.5 Å². The van der Waals surface area contributed by atoms with Crippen LogP contribution >= 0.6 is 22.9 Å². The molecule has 2 N–H and O–H groups in total. The minimum atomic E-state index is -3.66. The van der Waals surface area contributed by atoms with Crippen molar-refractivity contribution in [2.75, 3.05) is 41.2 Å². The van der Waals surface area contributed by atoms with Crippen LogP contribution < -0.4 is 14.9 Å². The lowest BCUT2D eigenvalue weighted by Crippen LogP contribution is -2.37. The largest absolute Gasteiger partial charge is 0.378 e. The number of sulfonamides is 1. The highest BCUT2D eigenvalue weighted by Gasteiger charge is 2.17. The summed E-state index contributed by atoms with van der Waals surface area (Å²) in [6, 6.07) is 11.8. The van der Waals surface area contributed by atoms with Gasteiger partial charge in [-0.25, -0.2) is 13.4 Å². The molecule has 0 unspecified atom stereocenters. The summed E-state index contributed by atoms with van der Waals surface area (Å²) in [5.41, 5.74) is 2.09. The Morgan fingerprint density at radius 2 is 1.77 bits per heavy atom. The van der Waals surface area contributed by atoms with Crippen LogP contribution in [0.15, 0.2) is 46.7 Å². The molecule has 0 radical (unpaired) electrons. The van der Waals surface area contributed by atoms with Gasteiger partial charge in [0, 0.05) is 36.2 Å². The number of rotatable bonds is 6. The molecule has 30 heavy (non-hydrogen) atoms. The first-order valence-corrected chi connectivity index (χ1v) is 11.9. The van der Waals surface area contributed by atoms with Crippen molar-refractivity contribution in [1.82, 2.24) is 9.97 Å². The van der Waals surface area contributed by atoms with E-state index in [0.717, 1.165) is 35.8 Å². The minimum Gasteiger partial charge on any atom is -0.378 e. The SMILES string of the molecule is Cc1cc(Nc2ccc(NS(=O)(=O)c3ccc(Cl)s3)cc2)nc(N2CCOCC2)n1. The number of hydrogen-bond donors (Lipinski definition) is 2. The van der Waals surface area contributed by atoms with Gasteiger partial charge in [-0.2, -0.15) is 4.98 Å². The van der Waals surface area contributed by atoms with Gasteiger partial charge in [-0.05, 0) is 43.3 Å². The topological polar surface area (TPSA) is 96.5 Å². The number of hydrogen-bond acceptors (Lipinski definition) is 8. The summed E-state index contributed by atoms with van der Waals surface area (Å²) in [6.45, 7) is 4.76. The number of benzene rings is 1. The van der Waals surface area contributed by atoms with Crippen LogP contribution in [0.2, 0.25) is 4.34 Å². The van der Waals surface area contributed by atoms with Gasteiger partial charge in [0.25, 0.3) is 10.0 Å². The van der Waals surface area contributed by atoms with E-state index in [0.29, 0.717) is 35.0 Å². The third-order valence-electron chi connectivity index (χ3n) is 4.36. The Morgan fingerprint density at radius 1 is 1.07 bits per heavy atom. The van der Waals surface area contributed by atoms with Crippen LogP contribution in [-0.4, -0.2) is 44.7 Å². The average Bonchev–Trinajstić information content (AvgIpc) is 3.17. The molecule has 1 aromatic carbocycles. The Kier molecular flexibility index (Phi) is 6.09. The number of ether oxygens (including phenoxy) is 1. The molecule has 1 aliphatic rings. The fourth-order valence-electron chi connectivity index (χ4n) is 2.94. The highest BCUT2D eigenvalue weighted by atomic mass is 35.5. The quantitative estimate of drug-likeness (QED) is 0.570. The molecule has 1 fully saturated rings. The molecule has 11 heteroatoms. The molecule has 4 rings (SSSR count). The first-order chi connectivity index (χ1) is 14.4. The highest BCUT2D eigenvalue weighted by molar-refractivity contribution is 7.94. The second kappa shape index (κ2) is 8.76. The molecule has 1 saturated heterocycles. The maximum Gasteiger partial charge on any atom is 0.271 e. The van der Waals surface area contributed by atoms with Gasteiger partial charge in [0.2, 0.25) is 5.95 Å². The number of anilines is 4. The molecule has 0 atom stereocenters. The lowest BCUT2D eigenvalue weighted by Gasteiger charge is -2.27. The van der Waals surface area contributed by atoms with Gasteiger partial charge in [0.1, 0.15) is 10.0 Å². The Labute approximate surface area is 183 Å². The molecule has 3 heterocycles. The second-order valence-corrected chi connectivity index (χ2v) is 10.3. The monoisotopic (exact) mass is 465 g/mol. The smallest absolute Gasteiger partial charge is 0.271 e. The van der Waals surface area contributed by atoms with E-state index in [1.807, 2.05) is 13.0 Å². The summed E-state index contributed by atoms with van der Waals surface area (Å²) >= 11 is 6.85. The molecule has 2 aromatic heterocycles. The molecule has 8 nitrogen and oxygen atoms in total. The van der Waals surface area contributed by atoms with Crippen molar-refractivity contribution in [3.63, 3.8) is 0 Å². The van der Waals surface area contributed by atoms with E-state index < -0.39 is 10.0 Å². The van der Waals surface area contributed by atoms with Gasteiger partial charge in [-0.1, -0.05) is 11.6 Å². The summed E-state index contributed by atoms with van der Waals surface area (Å²) in [5, 5.41) is 3.25. The van der Waals surface area contributed by atoms with Gasteiger partial charge in [-0.15, -0.1) is 11.3 Å². The van der Waals surface area contributed by atoms with E-state index in [1.165, 1.54) is 6.07 Å². The molecule has 158 valence electrons. The summed E-state index contributed by atoms with van der Waals surface area (Å²) < 4.78 is 33.3. The standard InChI is InChI=1S/C19H20ClN5O3S2/c1-13-12-17(23-19(21-13)25-8-10-28-11-9-25)22-14-2-4-15(5-3-14)24-30(26,27)18-7-6-16(20)29-18/h2-7,12,24H,8-11H2,1H3,(H,21,22,23). The van der Waals surface area contributed by atoms with Crippen molar-refractivity contribution in [2.24, 2.45) is 0 Å².